The fourth-order valence-corrected chi connectivity index (χ4v) is 4.22. The average molecular weight is 457 g/mol. The number of para-hydroxylation sites is 1. The maximum atomic E-state index is 14.2. The van der Waals surface area contributed by atoms with Crippen molar-refractivity contribution in [3.05, 3.63) is 96.4 Å². The third-order valence-corrected chi connectivity index (χ3v) is 6.08. The lowest BCUT2D eigenvalue weighted by molar-refractivity contribution is 0.0737. The summed E-state index contributed by atoms with van der Waals surface area (Å²) in [6, 6.07) is 25.8. The smallest absolute Gasteiger partial charge is 0.272 e. The van der Waals surface area contributed by atoms with E-state index in [1.807, 2.05) is 76.5 Å². The van der Waals surface area contributed by atoms with Crippen molar-refractivity contribution >= 4 is 11.6 Å². The zero-order valence-electron chi connectivity index (χ0n) is 18.9. The van der Waals surface area contributed by atoms with E-state index in [1.54, 1.807) is 23.9 Å². The predicted molar refractivity (Wildman–Crippen MR) is 130 cm³/mol. The summed E-state index contributed by atoms with van der Waals surface area (Å²) < 4.78 is 21.2. The standard InChI is InChI=1S/C27H25FN4O2/c1-34-22-13-11-21(12-14-22)32-26(19-24(29-32)20-7-3-2-4-8-20)27(33)31-17-15-30(16-18-31)25-10-6-5-9-23(25)28/h2-14,19H,15-18H2,1H3. The Morgan fingerprint density at radius 3 is 2.24 bits per heavy atom. The van der Waals surface area contributed by atoms with Crippen LogP contribution in [0, 0.1) is 5.82 Å². The molecule has 5 rings (SSSR count). The maximum absolute atomic E-state index is 14.2. The molecular weight excluding hydrogens is 431 g/mol. The van der Waals surface area contributed by atoms with Gasteiger partial charge in [0.15, 0.2) is 0 Å². The number of amides is 1. The van der Waals surface area contributed by atoms with Gasteiger partial charge in [0.2, 0.25) is 0 Å². The number of rotatable bonds is 5. The second-order valence-electron chi connectivity index (χ2n) is 8.12. The van der Waals surface area contributed by atoms with Gasteiger partial charge in [-0.1, -0.05) is 42.5 Å². The van der Waals surface area contributed by atoms with Gasteiger partial charge in [-0.2, -0.15) is 5.10 Å². The SMILES string of the molecule is COc1ccc(-n2nc(-c3ccccc3)cc2C(=O)N2CCN(c3ccccc3F)CC2)cc1. The van der Waals surface area contributed by atoms with E-state index in [0.29, 0.717) is 37.6 Å². The largest absolute Gasteiger partial charge is 0.497 e. The summed E-state index contributed by atoms with van der Waals surface area (Å²) in [7, 11) is 1.62. The first kappa shape index (κ1) is 21.7. The number of piperazine rings is 1. The molecule has 0 N–H and O–H groups in total. The van der Waals surface area contributed by atoms with Gasteiger partial charge in [0.1, 0.15) is 17.3 Å². The number of anilines is 1. The fourth-order valence-electron chi connectivity index (χ4n) is 4.22. The van der Waals surface area contributed by atoms with E-state index in [0.717, 1.165) is 22.7 Å². The van der Waals surface area contributed by atoms with Crippen molar-refractivity contribution < 1.29 is 13.9 Å². The molecule has 1 aliphatic rings. The van der Waals surface area contributed by atoms with Gasteiger partial charge < -0.3 is 14.5 Å². The number of aromatic nitrogens is 2. The monoisotopic (exact) mass is 456 g/mol. The van der Waals surface area contributed by atoms with Crippen LogP contribution in [0.1, 0.15) is 10.5 Å². The summed E-state index contributed by atoms with van der Waals surface area (Å²) >= 11 is 0. The summed E-state index contributed by atoms with van der Waals surface area (Å²) in [5.74, 6) is 0.391. The van der Waals surface area contributed by atoms with Crippen molar-refractivity contribution in [2.75, 3.05) is 38.2 Å². The minimum absolute atomic E-state index is 0.0984. The highest BCUT2D eigenvalue weighted by molar-refractivity contribution is 5.94. The molecule has 3 aromatic carbocycles. The van der Waals surface area contributed by atoms with Crippen LogP contribution in [0.4, 0.5) is 10.1 Å². The number of carbonyl (C=O) groups is 1. The Balaban J connectivity index is 1.43. The second-order valence-corrected chi connectivity index (χ2v) is 8.12. The number of nitrogens with zero attached hydrogens (tertiary/aromatic N) is 4. The molecule has 7 heteroatoms. The number of hydrogen-bond acceptors (Lipinski definition) is 4. The molecule has 0 spiro atoms. The van der Waals surface area contributed by atoms with Crippen LogP contribution < -0.4 is 9.64 Å². The minimum Gasteiger partial charge on any atom is -0.497 e. The second kappa shape index (κ2) is 9.39. The van der Waals surface area contributed by atoms with Gasteiger partial charge in [-0.15, -0.1) is 0 Å². The molecule has 0 aliphatic carbocycles. The molecule has 1 fully saturated rings. The molecule has 0 atom stereocenters. The van der Waals surface area contributed by atoms with Crippen LogP contribution in [0.25, 0.3) is 16.9 Å². The summed E-state index contributed by atoms with van der Waals surface area (Å²) in [5.41, 5.74) is 3.50. The van der Waals surface area contributed by atoms with Gasteiger partial charge in [0, 0.05) is 31.7 Å². The molecule has 2 heterocycles. The van der Waals surface area contributed by atoms with Crippen molar-refractivity contribution in [3.63, 3.8) is 0 Å². The van der Waals surface area contributed by atoms with E-state index in [-0.39, 0.29) is 11.7 Å². The Bertz CT molecular complexity index is 1280. The summed E-state index contributed by atoms with van der Waals surface area (Å²) in [5, 5.41) is 4.76. The van der Waals surface area contributed by atoms with Gasteiger partial charge >= 0.3 is 0 Å². The van der Waals surface area contributed by atoms with Crippen molar-refractivity contribution in [1.82, 2.24) is 14.7 Å². The molecule has 4 aromatic rings. The highest BCUT2D eigenvalue weighted by atomic mass is 19.1. The number of methoxy groups -OCH3 is 1. The van der Waals surface area contributed by atoms with E-state index in [1.165, 1.54) is 6.07 Å². The van der Waals surface area contributed by atoms with Crippen LogP contribution in [-0.2, 0) is 0 Å². The maximum Gasteiger partial charge on any atom is 0.272 e. The zero-order chi connectivity index (χ0) is 23.5. The number of hydrogen-bond donors (Lipinski definition) is 0. The van der Waals surface area contributed by atoms with Crippen LogP contribution in [0.15, 0.2) is 84.9 Å². The quantitative estimate of drug-likeness (QED) is 0.439. The number of ether oxygens (including phenoxy) is 1. The number of carbonyl (C=O) groups excluding carboxylic acids is 1. The molecule has 1 aliphatic heterocycles. The minimum atomic E-state index is -0.243. The lowest BCUT2D eigenvalue weighted by Gasteiger charge is -2.36. The van der Waals surface area contributed by atoms with Gasteiger partial charge in [0.25, 0.3) is 5.91 Å². The van der Waals surface area contributed by atoms with E-state index >= 15 is 0 Å². The van der Waals surface area contributed by atoms with E-state index in [9.17, 15) is 9.18 Å². The Morgan fingerprint density at radius 2 is 1.56 bits per heavy atom. The van der Waals surface area contributed by atoms with Gasteiger partial charge in [-0.3, -0.25) is 4.79 Å². The average Bonchev–Trinajstić information content (AvgIpc) is 3.35. The molecule has 172 valence electrons. The van der Waals surface area contributed by atoms with Crippen molar-refractivity contribution in [2.24, 2.45) is 0 Å². The van der Waals surface area contributed by atoms with E-state index in [4.69, 9.17) is 9.84 Å². The van der Waals surface area contributed by atoms with Crippen LogP contribution in [0.5, 0.6) is 5.75 Å². The third kappa shape index (κ3) is 4.24. The molecule has 1 aromatic heterocycles. The molecule has 6 nitrogen and oxygen atoms in total. The summed E-state index contributed by atoms with van der Waals surface area (Å²) in [6.45, 7) is 2.13. The molecule has 1 saturated heterocycles. The van der Waals surface area contributed by atoms with E-state index in [2.05, 4.69) is 0 Å². The first-order valence-corrected chi connectivity index (χ1v) is 11.2. The number of halogens is 1. The summed E-state index contributed by atoms with van der Waals surface area (Å²) in [6.07, 6.45) is 0. The molecule has 1 amide bonds. The van der Waals surface area contributed by atoms with Gasteiger partial charge in [0.05, 0.1) is 24.2 Å². The van der Waals surface area contributed by atoms with Crippen molar-refractivity contribution in [2.45, 2.75) is 0 Å². The predicted octanol–water partition coefficient (Wildman–Crippen LogP) is 4.65. The Hall–Kier alpha value is -4.13. The van der Waals surface area contributed by atoms with Crippen molar-refractivity contribution in [1.29, 1.82) is 0 Å². The Morgan fingerprint density at radius 1 is 0.882 bits per heavy atom. The topological polar surface area (TPSA) is 50.6 Å². The Kier molecular flexibility index (Phi) is 5.99. The lowest BCUT2D eigenvalue weighted by atomic mass is 10.1. The third-order valence-electron chi connectivity index (χ3n) is 6.08. The van der Waals surface area contributed by atoms with Gasteiger partial charge in [-0.25, -0.2) is 9.07 Å². The van der Waals surface area contributed by atoms with E-state index < -0.39 is 0 Å². The molecule has 0 unspecified atom stereocenters. The fraction of sp³-hybridized carbons (Fsp3) is 0.185. The normalized spacial score (nSPS) is 13.7. The zero-order valence-corrected chi connectivity index (χ0v) is 18.9. The highest BCUT2D eigenvalue weighted by Crippen LogP contribution is 2.25. The van der Waals surface area contributed by atoms with Crippen LogP contribution in [0.2, 0.25) is 0 Å². The highest BCUT2D eigenvalue weighted by Gasteiger charge is 2.27. The first-order chi connectivity index (χ1) is 16.6. The molecular formula is C27H25FN4O2. The summed E-state index contributed by atoms with van der Waals surface area (Å²) in [4.78, 5) is 17.4. The van der Waals surface area contributed by atoms with Gasteiger partial charge in [-0.05, 0) is 42.5 Å². The van der Waals surface area contributed by atoms with Crippen molar-refractivity contribution in [3.8, 4) is 22.7 Å². The van der Waals surface area contributed by atoms with Crippen LogP contribution in [-0.4, -0.2) is 53.9 Å². The molecule has 34 heavy (non-hydrogen) atoms. The van der Waals surface area contributed by atoms with Crippen LogP contribution >= 0.6 is 0 Å². The molecule has 0 saturated carbocycles. The first-order valence-electron chi connectivity index (χ1n) is 11.2. The number of benzene rings is 3. The molecule has 0 radical (unpaired) electrons. The lowest BCUT2D eigenvalue weighted by Crippen LogP contribution is -2.49. The Labute approximate surface area is 197 Å². The van der Waals surface area contributed by atoms with Crippen LogP contribution in [0.3, 0.4) is 0 Å². The molecule has 0 bridgehead atoms.